The van der Waals surface area contributed by atoms with Gasteiger partial charge in [0, 0.05) is 25.5 Å². The molecule has 33 heavy (non-hydrogen) atoms. The van der Waals surface area contributed by atoms with E-state index in [1.807, 2.05) is 23.5 Å². The lowest BCUT2D eigenvalue weighted by molar-refractivity contribution is 0.964. The van der Waals surface area contributed by atoms with E-state index in [1.54, 1.807) is 0 Å². The zero-order valence-corrected chi connectivity index (χ0v) is 19.8. The van der Waals surface area contributed by atoms with E-state index < -0.39 is 0 Å². The Labute approximate surface area is 204 Å². The van der Waals surface area contributed by atoms with Crippen molar-refractivity contribution in [1.29, 1.82) is 0 Å². The lowest BCUT2D eigenvalue weighted by Crippen LogP contribution is -2.03. The van der Waals surface area contributed by atoms with Crippen molar-refractivity contribution in [3.05, 3.63) is 156 Å². The molecule has 0 saturated heterocycles. The molecule has 5 rings (SSSR count). The third kappa shape index (κ3) is 5.60. The molecule has 0 aliphatic carbocycles. The predicted molar refractivity (Wildman–Crippen MR) is 141 cm³/mol. The number of hydrogen-bond acceptors (Lipinski definition) is 2. The summed E-state index contributed by atoms with van der Waals surface area (Å²) in [6.45, 7) is 0. The van der Waals surface area contributed by atoms with Gasteiger partial charge in [0.25, 0.3) is 0 Å². The van der Waals surface area contributed by atoms with E-state index in [2.05, 4.69) is 140 Å². The quantitative estimate of drug-likeness (QED) is 0.222. The van der Waals surface area contributed by atoms with Gasteiger partial charge < -0.3 is 0 Å². The number of rotatable bonds is 7. The van der Waals surface area contributed by atoms with Crippen LogP contribution in [0.15, 0.2) is 159 Å². The largest absolute Gasteiger partial charge is 0.0901 e. The fraction of sp³-hybridized carbons (Fsp3) is 0.0323. The average Bonchev–Trinajstić information content (AvgIpc) is 2.87. The van der Waals surface area contributed by atoms with Crippen LogP contribution >= 0.6 is 23.5 Å². The summed E-state index contributed by atoms with van der Waals surface area (Å²) in [5.41, 5.74) is 3.93. The van der Waals surface area contributed by atoms with Gasteiger partial charge in [-0.15, -0.1) is 0 Å². The number of hydrogen-bond donors (Lipinski definition) is 0. The Balaban J connectivity index is 1.52. The van der Waals surface area contributed by atoms with Crippen molar-refractivity contribution in [2.45, 2.75) is 25.5 Å². The highest BCUT2D eigenvalue weighted by atomic mass is 32.2. The Morgan fingerprint density at radius 2 is 0.697 bits per heavy atom. The molecular weight excluding hydrogens is 436 g/mol. The second-order valence-electron chi connectivity index (χ2n) is 7.82. The summed E-state index contributed by atoms with van der Waals surface area (Å²) in [4.78, 5) is 5.03. The van der Waals surface area contributed by atoms with Crippen molar-refractivity contribution in [1.82, 2.24) is 0 Å². The molecule has 0 radical (unpaired) electrons. The molecule has 0 N–H and O–H groups in total. The Bertz CT molecular complexity index is 1210. The van der Waals surface area contributed by atoms with Crippen LogP contribution in [0.25, 0.3) is 0 Å². The van der Waals surface area contributed by atoms with E-state index in [0.29, 0.717) is 0 Å². The van der Waals surface area contributed by atoms with E-state index >= 15 is 0 Å². The lowest BCUT2D eigenvalue weighted by atomic mass is 9.85. The smallest absolute Gasteiger partial charge is 0.0340 e. The molecule has 0 atom stereocenters. The molecule has 0 saturated carbocycles. The van der Waals surface area contributed by atoms with Crippen molar-refractivity contribution < 1.29 is 0 Å². The summed E-state index contributed by atoms with van der Waals surface area (Å²) in [6, 6.07) is 49.9. The van der Waals surface area contributed by atoms with Crippen molar-refractivity contribution in [2.75, 3.05) is 0 Å². The van der Waals surface area contributed by atoms with Gasteiger partial charge in [-0.2, -0.15) is 0 Å². The van der Waals surface area contributed by atoms with Crippen LogP contribution in [0.5, 0.6) is 0 Å². The van der Waals surface area contributed by atoms with Gasteiger partial charge in [0.15, 0.2) is 0 Å². The monoisotopic (exact) mass is 460 g/mol. The Morgan fingerprint density at radius 1 is 0.333 bits per heavy atom. The highest BCUT2D eigenvalue weighted by Crippen LogP contribution is 2.37. The molecule has 5 aromatic rings. The van der Waals surface area contributed by atoms with Gasteiger partial charge in [-0.1, -0.05) is 115 Å². The van der Waals surface area contributed by atoms with E-state index in [1.165, 1.54) is 36.3 Å². The molecule has 0 unspecified atom stereocenters. The molecule has 0 fully saturated rings. The molecule has 2 heteroatoms. The third-order valence-electron chi connectivity index (χ3n) is 5.47. The SMILES string of the molecule is c1ccc(Sc2cccc(C(c3ccccc3)c3cccc(Sc4ccccc4)c3)c2)cc1. The van der Waals surface area contributed by atoms with E-state index in [9.17, 15) is 0 Å². The zero-order valence-electron chi connectivity index (χ0n) is 18.2. The van der Waals surface area contributed by atoms with Gasteiger partial charge in [-0.3, -0.25) is 0 Å². The lowest BCUT2D eigenvalue weighted by Gasteiger charge is -2.20. The highest BCUT2D eigenvalue weighted by Gasteiger charge is 2.18. The minimum Gasteiger partial charge on any atom is -0.0901 e. The van der Waals surface area contributed by atoms with Crippen LogP contribution < -0.4 is 0 Å². The molecule has 0 heterocycles. The minimum atomic E-state index is 0.179. The zero-order chi connectivity index (χ0) is 22.3. The minimum absolute atomic E-state index is 0.179. The van der Waals surface area contributed by atoms with Crippen LogP contribution in [0.2, 0.25) is 0 Å². The first-order valence-electron chi connectivity index (χ1n) is 11.1. The molecule has 0 aliphatic heterocycles. The van der Waals surface area contributed by atoms with Crippen LogP contribution in [0, 0.1) is 0 Å². The Kier molecular flexibility index (Phi) is 6.96. The molecule has 0 aliphatic rings. The van der Waals surface area contributed by atoms with Crippen LogP contribution in [-0.4, -0.2) is 0 Å². The average molecular weight is 461 g/mol. The molecule has 0 aromatic heterocycles. The van der Waals surface area contributed by atoms with Crippen LogP contribution in [0.4, 0.5) is 0 Å². The van der Waals surface area contributed by atoms with E-state index in [4.69, 9.17) is 0 Å². The molecular formula is C31H24S2. The maximum atomic E-state index is 2.34. The fourth-order valence-electron chi connectivity index (χ4n) is 3.99. The second-order valence-corrected chi connectivity index (χ2v) is 10.1. The Hall–Kier alpha value is -3.20. The fourth-order valence-corrected chi connectivity index (χ4v) is 5.80. The first-order valence-corrected chi connectivity index (χ1v) is 12.7. The summed E-state index contributed by atoms with van der Waals surface area (Å²) < 4.78 is 0. The van der Waals surface area contributed by atoms with Gasteiger partial charge >= 0.3 is 0 Å². The molecule has 0 spiro atoms. The molecule has 0 amide bonds. The third-order valence-corrected chi connectivity index (χ3v) is 7.47. The Morgan fingerprint density at radius 3 is 1.15 bits per heavy atom. The summed E-state index contributed by atoms with van der Waals surface area (Å²) >= 11 is 3.62. The molecule has 0 bridgehead atoms. The predicted octanol–water partition coefficient (Wildman–Crippen LogP) is 9.17. The summed E-state index contributed by atoms with van der Waals surface area (Å²) in [7, 11) is 0. The van der Waals surface area contributed by atoms with Crippen LogP contribution in [-0.2, 0) is 0 Å². The van der Waals surface area contributed by atoms with E-state index in [-0.39, 0.29) is 5.92 Å². The van der Waals surface area contributed by atoms with E-state index in [0.717, 1.165) is 0 Å². The van der Waals surface area contributed by atoms with Gasteiger partial charge in [0.05, 0.1) is 0 Å². The van der Waals surface area contributed by atoms with Crippen molar-refractivity contribution in [3.8, 4) is 0 Å². The topological polar surface area (TPSA) is 0 Å². The van der Waals surface area contributed by atoms with Crippen molar-refractivity contribution >= 4 is 23.5 Å². The first-order chi connectivity index (χ1) is 16.3. The van der Waals surface area contributed by atoms with Gasteiger partial charge in [0.2, 0.25) is 0 Å². The number of benzene rings is 5. The van der Waals surface area contributed by atoms with Gasteiger partial charge in [-0.25, -0.2) is 0 Å². The summed E-state index contributed by atoms with van der Waals surface area (Å²) in [6.07, 6.45) is 0. The second kappa shape index (κ2) is 10.6. The van der Waals surface area contributed by atoms with Gasteiger partial charge in [0.1, 0.15) is 0 Å². The summed E-state index contributed by atoms with van der Waals surface area (Å²) in [5, 5.41) is 0. The maximum Gasteiger partial charge on any atom is 0.0340 e. The van der Waals surface area contributed by atoms with Crippen molar-refractivity contribution in [2.24, 2.45) is 0 Å². The van der Waals surface area contributed by atoms with Crippen molar-refractivity contribution in [3.63, 3.8) is 0 Å². The highest BCUT2D eigenvalue weighted by molar-refractivity contribution is 7.99. The van der Waals surface area contributed by atoms with Crippen LogP contribution in [0.1, 0.15) is 22.6 Å². The molecule has 0 nitrogen and oxygen atoms in total. The summed E-state index contributed by atoms with van der Waals surface area (Å²) in [5.74, 6) is 0.179. The normalized spacial score (nSPS) is 10.9. The molecule has 160 valence electrons. The van der Waals surface area contributed by atoms with Crippen LogP contribution in [0.3, 0.4) is 0 Å². The molecule has 5 aromatic carbocycles. The first kappa shape index (κ1) is 21.6. The maximum absolute atomic E-state index is 2.34. The van der Waals surface area contributed by atoms with Gasteiger partial charge in [-0.05, 0) is 65.2 Å². The standard InChI is InChI=1S/C31H24S2/c1-4-12-24(13-5-1)31(25-14-10-20-29(22-25)32-27-16-6-2-7-17-27)26-15-11-21-30(23-26)33-28-18-8-3-9-19-28/h1-23,31H.